The van der Waals surface area contributed by atoms with Crippen molar-refractivity contribution in [3.63, 3.8) is 0 Å². The number of nitrogens with zero attached hydrogens (tertiary/aromatic N) is 1. The molecule has 4 nitrogen and oxygen atoms in total. The zero-order valence-corrected chi connectivity index (χ0v) is 12.2. The Morgan fingerprint density at radius 3 is 2.67 bits per heavy atom. The van der Waals surface area contributed by atoms with E-state index in [-0.39, 0.29) is 6.10 Å². The molecule has 0 radical (unpaired) electrons. The molecule has 1 aliphatic carbocycles. The van der Waals surface area contributed by atoms with Crippen LogP contribution >= 0.6 is 11.8 Å². The summed E-state index contributed by atoms with van der Waals surface area (Å²) < 4.78 is 5.76. The zero-order valence-electron chi connectivity index (χ0n) is 11.4. The molecule has 0 spiro atoms. The predicted molar refractivity (Wildman–Crippen MR) is 76.2 cm³/mol. The summed E-state index contributed by atoms with van der Waals surface area (Å²) in [6, 6.07) is 0. The minimum Gasteiger partial charge on any atom is -0.390 e. The molecule has 1 heterocycles. The highest BCUT2D eigenvalue weighted by atomic mass is 32.2. The smallest absolute Gasteiger partial charge is 0.0791 e. The second-order valence-electron chi connectivity index (χ2n) is 5.44. The van der Waals surface area contributed by atoms with Gasteiger partial charge in [0.1, 0.15) is 0 Å². The molecule has 0 aromatic carbocycles. The number of aliphatic hydroxyl groups excluding tert-OH is 1. The zero-order chi connectivity index (χ0) is 12.8. The van der Waals surface area contributed by atoms with E-state index >= 15 is 0 Å². The number of hydrogen-bond donors (Lipinski definition) is 2. The second-order valence-corrected chi connectivity index (χ2v) is 6.71. The molecule has 1 saturated heterocycles. The van der Waals surface area contributed by atoms with Gasteiger partial charge in [0.05, 0.1) is 19.3 Å². The number of rotatable bonds is 7. The van der Waals surface area contributed by atoms with E-state index in [9.17, 15) is 5.11 Å². The van der Waals surface area contributed by atoms with Gasteiger partial charge >= 0.3 is 0 Å². The summed E-state index contributed by atoms with van der Waals surface area (Å²) in [5.74, 6) is 0. The Bertz CT molecular complexity index is 238. The average Bonchev–Trinajstić information content (AvgIpc) is 2.34. The number of hydrogen-bond acceptors (Lipinski definition) is 5. The fraction of sp³-hybridized carbons (Fsp3) is 1.00. The van der Waals surface area contributed by atoms with Crippen LogP contribution in [-0.4, -0.2) is 73.1 Å². The Labute approximate surface area is 114 Å². The first-order valence-corrected chi connectivity index (χ1v) is 8.21. The van der Waals surface area contributed by atoms with Gasteiger partial charge in [-0.25, -0.2) is 0 Å². The molecule has 0 aromatic heterocycles. The molecule has 2 aliphatic rings. The monoisotopic (exact) mass is 274 g/mol. The van der Waals surface area contributed by atoms with Crippen LogP contribution in [0.1, 0.15) is 19.3 Å². The molecule has 0 amide bonds. The largest absolute Gasteiger partial charge is 0.390 e. The molecule has 5 heteroatoms. The molecular weight excluding hydrogens is 248 g/mol. The summed E-state index contributed by atoms with van der Waals surface area (Å²) in [5, 5.41) is 13.4. The third-order valence-corrected chi connectivity index (χ3v) is 5.52. The van der Waals surface area contributed by atoms with Crippen LogP contribution in [0, 0.1) is 0 Å². The molecule has 1 aliphatic heterocycles. The fourth-order valence-corrected chi connectivity index (χ4v) is 3.58. The highest BCUT2D eigenvalue weighted by molar-refractivity contribution is 8.00. The van der Waals surface area contributed by atoms with E-state index in [1.807, 2.05) is 11.8 Å². The van der Waals surface area contributed by atoms with Gasteiger partial charge in [-0.15, -0.1) is 0 Å². The topological polar surface area (TPSA) is 44.7 Å². The molecule has 2 N–H and O–H groups in total. The predicted octanol–water partition coefficient (Wildman–Crippen LogP) is 0.555. The SMILES string of the molecule is CSC1(CNCC(O)CN2CCOCC2)CCC1. The molecule has 2 fully saturated rings. The van der Waals surface area contributed by atoms with Crippen LogP contribution in [0.2, 0.25) is 0 Å². The Morgan fingerprint density at radius 1 is 1.39 bits per heavy atom. The Morgan fingerprint density at radius 2 is 2.11 bits per heavy atom. The van der Waals surface area contributed by atoms with Crippen LogP contribution in [0.5, 0.6) is 0 Å². The highest BCUT2D eigenvalue weighted by Gasteiger charge is 2.35. The van der Waals surface area contributed by atoms with Crippen molar-refractivity contribution in [2.45, 2.75) is 30.1 Å². The van der Waals surface area contributed by atoms with Crippen LogP contribution in [0.4, 0.5) is 0 Å². The summed E-state index contributed by atoms with van der Waals surface area (Å²) in [6.07, 6.45) is 5.94. The van der Waals surface area contributed by atoms with Crippen molar-refractivity contribution in [2.24, 2.45) is 0 Å². The lowest BCUT2D eigenvalue weighted by Gasteiger charge is -2.41. The number of nitrogens with one attached hydrogen (secondary N) is 1. The van der Waals surface area contributed by atoms with Gasteiger partial charge in [0, 0.05) is 37.5 Å². The maximum atomic E-state index is 10.0. The average molecular weight is 274 g/mol. The van der Waals surface area contributed by atoms with Crippen LogP contribution in [0.3, 0.4) is 0 Å². The van der Waals surface area contributed by atoms with Crippen LogP contribution in [-0.2, 0) is 4.74 Å². The first kappa shape index (κ1) is 14.6. The number of aliphatic hydroxyl groups is 1. The normalized spacial score (nSPS) is 25.7. The summed E-state index contributed by atoms with van der Waals surface area (Å²) in [4.78, 5) is 2.28. The standard InChI is InChI=1S/C13H26N2O2S/c1-18-13(3-2-4-13)11-14-9-12(16)10-15-5-7-17-8-6-15/h12,14,16H,2-11H2,1H3. The molecule has 18 heavy (non-hydrogen) atoms. The van der Waals surface area contributed by atoms with Gasteiger partial charge in [-0.3, -0.25) is 4.90 Å². The van der Waals surface area contributed by atoms with E-state index in [2.05, 4.69) is 16.5 Å². The van der Waals surface area contributed by atoms with Crippen LogP contribution in [0.25, 0.3) is 0 Å². The minimum atomic E-state index is -0.262. The lowest BCUT2D eigenvalue weighted by atomic mass is 9.84. The molecule has 0 aromatic rings. The first-order valence-electron chi connectivity index (χ1n) is 6.98. The third-order valence-electron chi connectivity index (χ3n) is 4.10. The summed E-state index contributed by atoms with van der Waals surface area (Å²) in [6.45, 7) is 6.01. The summed E-state index contributed by atoms with van der Waals surface area (Å²) in [7, 11) is 0. The quantitative estimate of drug-likeness (QED) is 0.710. The van der Waals surface area contributed by atoms with E-state index in [1.165, 1.54) is 19.3 Å². The number of ether oxygens (including phenoxy) is 1. The molecule has 106 valence electrons. The number of β-amino-alcohol motifs (C(OH)–C–C–N with tert-alkyl or cyclic N) is 1. The lowest BCUT2D eigenvalue weighted by molar-refractivity contribution is 0.0148. The second kappa shape index (κ2) is 7.10. The van der Waals surface area contributed by atoms with Crippen molar-refractivity contribution >= 4 is 11.8 Å². The minimum absolute atomic E-state index is 0.262. The molecule has 0 bridgehead atoms. The Hall–Kier alpha value is 0.190. The molecule has 2 rings (SSSR count). The third kappa shape index (κ3) is 4.10. The number of thioether (sulfide) groups is 1. The Kier molecular flexibility index (Phi) is 5.76. The maximum Gasteiger partial charge on any atom is 0.0791 e. The maximum absolute atomic E-state index is 10.0. The van der Waals surface area contributed by atoms with E-state index in [1.54, 1.807) is 0 Å². The summed E-state index contributed by atoms with van der Waals surface area (Å²) >= 11 is 1.98. The van der Waals surface area contributed by atoms with Gasteiger partial charge in [0.25, 0.3) is 0 Å². The van der Waals surface area contributed by atoms with Crippen molar-refractivity contribution in [3.05, 3.63) is 0 Å². The van der Waals surface area contributed by atoms with Gasteiger partial charge in [0.2, 0.25) is 0 Å². The van der Waals surface area contributed by atoms with Crippen molar-refractivity contribution in [1.82, 2.24) is 10.2 Å². The van der Waals surface area contributed by atoms with Crippen molar-refractivity contribution in [1.29, 1.82) is 0 Å². The molecule has 1 unspecified atom stereocenters. The molecule has 1 atom stereocenters. The Balaban J connectivity index is 1.57. The fourth-order valence-electron chi connectivity index (χ4n) is 2.64. The van der Waals surface area contributed by atoms with Crippen LogP contribution < -0.4 is 5.32 Å². The van der Waals surface area contributed by atoms with Gasteiger partial charge in [0.15, 0.2) is 0 Å². The van der Waals surface area contributed by atoms with Crippen molar-refractivity contribution in [3.8, 4) is 0 Å². The molecular formula is C13H26N2O2S. The first-order chi connectivity index (χ1) is 8.74. The van der Waals surface area contributed by atoms with E-state index < -0.39 is 0 Å². The van der Waals surface area contributed by atoms with Gasteiger partial charge in [-0.05, 0) is 19.1 Å². The lowest BCUT2D eigenvalue weighted by Crippen LogP contribution is -2.48. The van der Waals surface area contributed by atoms with Gasteiger partial charge in [-0.1, -0.05) is 6.42 Å². The van der Waals surface area contributed by atoms with Crippen LogP contribution in [0.15, 0.2) is 0 Å². The molecule has 1 saturated carbocycles. The highest BCUT2D eigenvalue weighted by Crippen LogP contribution is 2.42. The van der Waals surface area contributed by atoms with Gasteiger partial charge in [-0.2, -0.15) is 11.8 Å². The van der Waals surface area contributed by atoms with Crippen molar-refractivity contribution in [2.75, 3.05) is 52.2 Å². The van der Waals surface area contributed by atoms with E-state index in [0.717, 1.165) is 39.4 Å². The van der Waals surface area contributed by atoms with E-state index in [0.29, 0.717) is 11.3 Å². The van der Waals surface area contributed by atoms with Crippen molar-refractivity contribution < 1.29 is 9.84 Å². The summed E-state index contributed by atoms with van der Waals surface area (Å²) in [5.41, 5.74) is 0. The van der Waals surface area contributed by atoms with E-state index in [4.69, 9.17) is 4.74 Å². The number of morpholine rings is 1. The van der Waals surface area contributed by atoms with Gasteiger partial charge < -0.3 is 15.2 Å².